The minimum Gasteiger partial charge on any atom is -0.345 e. The van der Waals surface area contributed by atoms with Crippen molar-refractivity contribution in [1.29, 1.82) is 0 Å². The van der Waals surface area contributed by atoms with Crippen molar-refractivity contribution in [2.45, 2.75) is 31.2 Å². The number of rotatable bonds is 7. The molecule has 3 aromatic carbocycles. The summed E-state index contributed by atoms with van der Waals surface area (Å²) in [6, 6.07) is 20.5. The van der Waals surface area contributed by atoms with Crippen molar-refractivity contribution < 1.29 is 13.2 Å². The van der Waals surface area contributed by atoms with E-state index in [1.54, 1.807) is 24.3 Å². The third kappa shape index (κ3) is 5.27. The highest BCUT2D eigenvalue weighted by Crippen LogP contribution is 2.24. The van der Waals surface area contributed by atoms with E-state index in [2.05, 4.69) is 5.32 Å². The summed E-state index contributed by atoms with van der Waals surface area (Å²) in [7, 11) is -2.25. The van der Waals surface area contributed by atoms with Crippen LogP contribution in [-0.4, -0.2) is 21.4 Å². The maximum Gasteiger partial charge on any atom is 0.264 e. The molecule has 0 saturated heterocycles. The molecular weight excluding hydrogens is 432 g/mol. The van der Waals surface area contributed by atoms with Gasteiger partial charge in [0, 0.05) is 17.6 Å². The smallest absolute Gasteiger partial charge is 0.264 e. The zero-order chi connectivity index (χ0) is 22.6. The molecule has 0 heterocycles. The Balaban J connectivity index is 1.74. The summed E-state index contributed by atoms with van der Waals surface area (Å²) in [5, 5.41) is 3.51. The number of amides is 1. The molecule has 0 bridgehead atoms. The van der Waals surface area contributed by atoms with Crippen molar-refractivity contribution in [2.24, 2.45) is 0 Å². The maximum absolute atomic E-state index is 12.8. The Bertz CT molecular complexity index is 1140. The largest absolute Gasteiger partial charge is 0.345 e. The summed E-state index contributed by atoms with van der Waals surface area (Å²) >= 11 is 5.85. The van der Waals surface area contributed by atoms with Gasteiger partial charge in [-0.25, -0.2) is 8.42 Å². The number of nitrogens with zero attached hydrogens (tertiary/aromatic N) is 1. The number of carbonyl (C=O) groups excluding carboxylic acids is 1. The minimum atomic E-state index is -3.73. The third-order valence-corrected chi connectivity index (χ3v) is 7.21. The molecule has 0 saturated carbocycles. The number of carbonyl (C=O) groups is 1. The molecule has 1 atom stereocenters. The number of benzene rings is 3. The molecule has 0 aliphatic carbocycles. The molecule has 31 heavy (non-hydrogen) atoms. The topological polar surface area (TPSA) is 66.5 Å². The van der Waals surface area contributed by atoms with Crippen LogP contribution in [0.15, 0.2) is 77.7 Å². The van der Waals surface area contributed by atoms with E-state index >= 15 is 0 Å². The van der Waals surface area contributed by atoms with E-state index in [0.717, 1.165) is 17.5 Å². The molecule has 0 radical (unpaired) electrons. The van der Waals surface area contributed by atoms with Crippen LogP contribution < -0.4 is 9.62 Å². The van der Waals surface area contributed by atoms with Gasteiger partial charge in [-0.2, -0.15) is 0 Å². The average molecular weight is 457 g/mol. The highest BCUT2D eigenvalue weighted by molar-refractivity contribution is 7.92. The zero-order valence-electron chi connectivity index (χ0n) is 17.7. The lowest BCUT2D eigenvalue weighted by molar-refractivity contribution is 0.0935. The van der Waals surface area contributed by atoms with Crippen LogP contribution in [0.3, 0.4) is 0 Å². The van der Waals surface area contributed by atoms with Crippen LogP contribution in [0.25, 0.3) is 0 Å². The Morgan fingerprint density at radius 3 is 2.10 bits per heavy atom. The quantitative estimate of drug-likeness (QED) is 0.520. The molecule has 0 aliphatic heterocycles. The first-order chi connectivity index (χ1) is 14.7. The predicted octanol–water partition coefficient (Wildman–Crippen LogP) is 5.35. The van der Waals surface area contributed by atoms with Gasteiger partial charge in [0.05, 0.1) is 16.6 Å². The number of hydrogen-bond acceptors (Lipinski definition) is 3. The van der Waals surface area contributed by atoms with Crippen molar-refractivity contribution in [3.05, 3.63) is 94.5 Å². The lowest BCUT2D eigenvalue weighted by Gasteiger charge is -2.20. The standard InChI is InChI=1S/C24H25ClN2O3S/c1-4-23(18-7-5-17(2)6-8-18)26-24(28)19-9-13-21(14-10-19)27(3)31(29,30)22-15-11-20(25)12-16-22/h5-16,23H,4H2,1-3H3,(H,26,28). The Kier molecular flexibility index (Phi) is 7.03. The van der Waals surface area contributed by atoms with Crippen molar-refractivity contribution in [3.63, 3.8) is 0 Å². The molecule has 0 spiro atoms. The number of halogens is 1. The molecule has 7 heteroatoms. The Morgan fingerprint density at radius 2 is 1.55 bits per heavy atom. The molecule has 0 aromatic heterocycles. The molecule has 5 nitrogen and oxygen atoms in total. The normalized spacial score (nSPS) is 12.3. The minimum absolute atomic E-state index is 0.0965. The Hall–Kier alpha value is -2.83. The second-order valence-electron chi connectivity index (χ2n) is 7.32. The summed E-state index contributed by atoms with van der Waals surface area (Å²) in [6.07, 6.45) is 0.759. The van der Waals surface area contributed by atoms with Crippen molar-refractivity contribution in [2.75, 3.05) is 11.4 Å². The highest BCUT2D eigenvalue weighted by atomic mass is 35.5. The van der Waals surface area contributed by atoms with Crippen molar-refractivity contribution in [3.8, 4) is 0 Å². The molecule has 0 fully saturated rings. The van der Waals surface area contributed by atoms with Gasteiger partial charge in [-0.05, 0) is 67.4 Å². The van der Waals surface area contributed by atoms with Gasteiger partial charge < -0.3 is 5.32 Å². The number of nitrogens with one attached hydrogen (secondary N) is 1. The van der Waals surface area contributed by atoms with Gasteiger partial charge in [-0.3, -0.25) is 9.10 Å². The van der Waals surface area contributed by atoms with Gasteiger partial charge in [0.2, 0.25) is 0 Å². The van der Waals surface area contributed by atoms with E-state index in [9.17, 15) is 13.2 Å². The summed E-state index contributed by atoms with van der Waals surface area (Å²) in [5.74, 6) is -0.206. The van der Waals surface area contributed by atoms with Crippen molar-refractivity contribution in [1.82, 2.24) is 5.32 Å². The SMILES string of the molecule is CCC(NC(=O)c1ccc(N(C)S(=O)(=O)c2ccc(Cl)cc2)cc1)c1ccc(C)cc1. The van der Waals surface area contributed by atoms with E-state index in [0.29, 0.717) is 16.3 Å². The lowest BCUT2D eigenvalue weighted by Crippen LogP contribution is -2.28. The lowest BCUT2D eigenvalue weighted by atomic mass is 10.0. The molecule has 1 unspecified atom stereocenters. The Labute approximate surface area is 188 Å². The van der Waals surface area contributed by atoms with Crippen LogP contribution in [0.2, 0.25) is 5.02 Å². The van der Waals surface area contributed by atoms with E-state index in [-0.39, 0.29) is 16.8 Å². The first kappa shape index (κ1) is 22.8. The Morgan fingerprint density at radius 1 is 0.968 bits per heavy atom. The summed E-state index contributed by atoms with van der Waals surface area (Å²) in [5.41, 5.74) is 3.13. The zero-order valence-corrected chi connectivity index (χ0v) is 19.2. The van der Waals surface area contributed by atoms with Gasteiger partial charge in [-0.15, -0.1) is 0 Å². The van der Waals surface area contributed by atoms with E-state index in [1.807, 2.05) is 38.1 Å². The first-order valence-electron chi connectivity index (χ1n) is 9.94. The second kappa shape index (κ2) is 9.54. The second-order valence-corrected chi connectivity index (χ2v) is 9.72. The van der Waals surface area contributed by atoms with E-state index < -0.39 is 10.0 Å². The number of hydrogen-bond donors (Lipinski definition) is 1. The average Bonchev–Trinajstić information content (AvgIpc) is 2.78. The van der Waals surface area contributed by atoms with Crippen LogP contribution in [0.5, 0.6) is 0 Å². The summed E-state index contributed by atoms with van der Waals surface area (Å²) < 4.78 is 26.8. The van der Waals surface area contributed by atoms with Crippen LogP contribution in [-0.2, 0) is 10.0 Å². The van der Waals surface area contributed by atoms with Crippen LogP contribution in [0.4, 0.5) is 5.69 Å². The number of anilines is 1. The van der Waals surface area contributed by atoms with Crippen LogP contribution in [0, 0.1) is 6.92 Å². The van der Waals surface area contributed by atoms with Crippen LogP contribution >= 0.6 is 11.6 Å². The number of aryl methyl sites for hydroxylation is 1. The molecule has 3 aromatic rings. The monoisotopic (exact) mass is 456 g/mol. The fraction of sp³-hybridized carbons (Fsp3) is 0.208. The number of sulfonamides is 1. The van der Waals surface area contributed by atoms with Gasteiger partial charge in [-0.1, -0.05) is 48.4 Å². The molecule has 0 aliphatic rings. The van der Waals surface area contributed by atoms with Gasteiger partial charge in [0.1, 0.15) is 0 Å². The highest BCUT2D eigenvalue weighted by Gasteiger charge is 2.22. The van der Waals surface area contributed by atoms with Gasteiger partial charge in [0.25, 0.3) is 15.9 Å². The van der Waals surface area contributed by atoms with Gasteiger partial charge in [0.15, 0.2) is 0 Å². The van der Waals surface area contributed by atoms with E-state index in [4.69, 9.17) is 11.6 Å². The fourth-order valence-corrected chi connectivity index (χ4v) is 4.51. The fourth-order valence-electron chi connectivity index (χ4n) is 3.19. The molecule has 3 rings (SSSR count). The molecular formula is C24H25ClN2O3S. The molecule has 1 amide bonds. The van der Waals surface area contributed by atoms with Crippen LogP contribution in [0.1, 0.15) is 40.9 Å². The molecule has 1 N–H and O–H groups in total. The maximum atomic E-state index is 12.8. The summed E-state index contributed by atoms with van der Waals surface area (Å²) in [4.78, 5) is 12.9. The van der Waals surface area contributed by atoms with E-state index in [1.165, 1.54) is 35.6 Å². The predicted molar refractivity (Wildman–Crippen MR) is 125 cm³/mol. The third-order valence-electron chi connectivity index (χ3n) is 5.16. The summed E-state index contributed by atoms with van der Waals surface area (Å²) in [6.45, 7) is 4.04. The molecule has 162 valence electrons. The first-order valence-corrected chi connectivity index (χ1v) is 11.8. The van der Waals surface area contributed by atoms with Gasteiger partial charge >= 0.3 is 0 Å². The van der Waals surface area contributed by atoms with Crippen molar-refractivity contribution >= 4 is 33.2 Å².